The number of anilines is 1. The first-order chi connectivity index (χ1) is 13.3. The van der Waals surface area contributed by atoms with Crippen LogP contribution in [0.1, 0.15) is 42.9 Å². The fraction of sp³-hybridized carbons (Fsp3) is 0.391. The Kier molecular flexibility index (Phi) is 5.98. The summed E-state index contributed by atoms with van der Waals surface area (Å²) in [5, 5.41) is 0. The van der Waals surface area contributed by atoms with Crippen LogP contribution in [0.25, 0.3) is 0 Å². The molecule has 0 unspecified atom stereocenters. The molecule has 1 saturated heterocycles. The summed E-state index contributed by atoms with van der Waals surface area (Å²) in [6, 6.07) is 14.6. The Morgan fingerprint density at radius 3 is 1.79 bits per heavy atom. The maximum absolute atomic E-state index is 13.3. The highest BCUT2D eigenvalue weighted by Gasteiger charge is 2.62. The predicted octanol–water partition coefficient (Wildman–Crippen LogP) is 5.91. The number of nitrogens with zero attached hydrogens (tertiary/aromatic N) is 1. The van der Waals surface area contributed by atoms with Crippen molar-refractivity contribution < 1.29 is 17.6 Å². The van der Waals surface area contributed by atoms with Crippen molar-refractivity contribution in [3.8, 4) is 11.8 Å². The lowest BCUT2D eigenvalue weighted by molar-refractivity contribution is -0.172. The summed E-state index contributed by atoms with van der Waals surface area (Å²) in [6.07, 6.45) is 4.68. The van der Waals surface area contributed by atoms with E-state index in [1.54, 1.807) is 24.3 Å². The molecule has 0 amide bonds. The first-order valence-electron chi connectivity index (χ1n) is 9.52. The summed E-state index contributed by atoms with van der Waals surface area (Å²) in [6.45, 7) is 0.228. The van der Waals surface area contributed by atoms with Gasteiger partial charge in [-0.1, -0.05) is 43.7 Å². The van der Waals surface area contributed by atoms with Gasteiger partial charge in [-0.3, -0.25) is 0 Å². The number of benzene rings is 2. The molecular formula is C23H23F4N. The van der Waals surface area contributed by atoms with Crippen LogP contribution in [-0.4, -0.2) is 24.9 Å². The molecule has 1 nitrogen and oxygen atoms in total. The largest absolute Gasteiger partial charge is 0.359 e. The molecule has 0 bridgehead atoms. The Morgan fingerprint density at radius 1 is 0.786 bits per heavy atom. The number of halogens is 4. The van der Waals surface area contributed by atoms with Gasteiger partial charge in [0, 0.05) is 16.8 Å². The summed E-state index contributed by atoms with van der Waals surface area (Å²) in [4.78, 5) is 1.01. The molecule has 2 aromatic rings. The van der Waals surface area contributed by atoms with Crippen molar-refractivity contribution in [2.45, 2.75) is 44.5 Å². The van der Waals surface area contributed by atoms with Gasteiger partial charge in [-0.15, -0.1) is 0 Å². The van der Waals surface area contributed by atoms with E-state index in [0.717, 1.165) is 16.9 Å². The predicted molar refractivity (Wildman–Crippen MR) is 104 cm³/mol. The van der Waals surface area contributed by atoms with Crippen LogP contribution in [0.15, 0.2) is 48.5 Å². The monoisotopic (exact) mass is 389 g/mol. The number of hydrogen-bond donors (Lipinski definition) is 0. The van der Waals surface area contributed by atoms with Crippen molar-refractivity contribution in [3.63, 3.8) is 0 Å². The van der Waals surface area contributed by atoms with Crippen LogP contribution >= 0.6 is 0 Å². The first-order valence-corrected chi connectivity index (χ1v) is 9.52. The molecule has 2 aromatic carbocycles. The van der Waals surface area contributed by atoms with Gasteiger partial charge in [-0.05, 0) is 54.8 Å². The van der Waals surface area contributed by atoms with E-state index >= 15 is 0 Å². The molecule has 0 spiro atoms. The minimum Gasteiger partial charge on any atom is -0.359 e. The van der Waals surface area contributed by atoms with Gasteiger partial charge in [-0.2, -0.15) is 17.6 Å². The van der Waals surface area contributed by atoms with E-state index < -0.39 is 24.9 Å². The maximum atomic E-state index is 13.3. The third kappa shape index (κ3) is 4.67. The Balaban J connectivity index is 1.63. The lowest BCUT2D eigenvalue weighted by Gasteiger charge is -2.16. The van der Waals surface area contributed by atoms with Crippen molar-refractivity contribution in [2.75, 3.05) is 18.0 Å². The third-order valence-electron chi connectivity index (χ3n) is 4.92. The van der Waals surface area contributed by atoms with Crippen LogP contribution in [0, 0.1) is 11.8 Å². The van der Waals surface area contributed by atoms with Gasteiger partial charge in [0.25, 0.3) is 0 Å². The molecule has 28 heavy (non-hydrogen) atoms. The molecule has 148 valence electrons. The van der Waals surface area contributed by atoms with Crippen LogP contribution in [0.4, 0.5) is 23.2 Å². The minimum absolute atomic E-state index is 0.346. The SMILES string of the molecule is CCCCCc1ccc(C#Cc2ccc(N3CC(F)(F)C(F)(F)C3)cc2)cc1. The Labute approximate surface area is 163 Å². The van der Waals surface area contributed by atoms with Gasteiger partial charge in [0.2, 0.25) is 0 Å². The van der Waals surface area contributed by atoms with Crippen LogP contribution in [-0.2, 0) is 6.42 Å². The van der Waals surface area contributed by atoms with Gasteiger partial charge < -0.3 is 4.90 Å². The van der Waals surface area contributed by atoms with Crippen molar-refractivity contribution in [1.29, 1.82) is 0 Å². The molecule has 3 rings (SSSR count). The lowest BCUT2D eigenvalue weighted by Crippen LogP contribution is -2.38. The van der Waals surface area contributed by atoms with Crippen LogP contribution in [0.2, 0.25) is 0 Å². The molecule has 1 fully saturated rings. The van der Waals surface area contributed by atoms with Crippen LogP contribution < -0.4 is 4.90 Å². The van der Waals surface area contributed by atoms with Gasteiger partial charge >= 0.3 is 11.8 Å². The molecule has 0 saturated carbocycles. The van der Waals surface area contributed by atoms with Crippen LogP contribution in [0.5, 0.6) is 0 Å². The normalized spacial score (nSPS) is 17.2. The molecule has 5 heteroatoms. The lowest BCUT2D eigenvalue weighted by atomic mass is 10.1. The number of alkyl halides is 4. The fourth-order valence-corrected chi connectivity index (χ4v) is 3.18. The second-order valence-electron chi connectivity index (χ2n) is 7.22. The van der Waals surface area contributed by atoms with Crippen molar-refractivity contribution in [2.24, 2.45) is 0 Å². The summed E-state index contributed by atoms with van der Waals surface area (Å²) in [5.74, 6) is -1.93. The zero-order valence-corrected chi connectivity index (χ0v) is 15.8. The Hall–Kier alpha value is -2.48. The quantitative estimate of drug-likeness (QED) is 0.349. The van der Waals surface area contributed by atoms with Crippen LogP contribution in [0.3, 0.4) is 0 Å². The van der Waals surface area contributed by atoms with Crippen molar-refractivity contribution in [1.82, 2.24) is 0 Å². The maximum Gasteiger partial charge on any atom is 0.329 e. The minimum atomic E-state index is -4.01. The first kappa shape index (κ1) is 20.3. The Morgan fingerprint density at radius 2 is 1.29 bits per heavy atom. The average molecular weight is 389 g/mol. The summed E-state index contributed by atoms with van der Waals surface area (Å²) in [5.41, 5.74) is 3.23. The summed E-state index contributed by atoms with van der Waals surface area (Å²) < 4.78 is 53.4. The number of rotatable bonds is 5. The molecule has 0 aliphatic carbocycles. The number of hydrogen-bond acceptors (Lipinski definition) is 1. The van der Waals surface area contributed by atoms with E-state index in [9.17, 15) is 17.6 Å². The zero-order valence-electron chi connectivity index (χ0n) is 15.8. The molecular weight excluding hydrogens is 366 g/mol. The number of aryl methyl sites for hydroxylation is 1. The van der Waals surface area contributed by atoms with E-state index in [-0.39, 0.29) is 0 Å². The highest BCUT2D eigenvalue weighted by atomic mass is 19.3. The number of unbranched alkanes of at least 4 members (excludes halogenated alkanes) is 2. The molecule has 1 heterocycles. The van der Waals surface area contributed by atoms with Gasteiger partial charge in [-0.25, -0.2) is 0 Å². The van der Waals surface area contributed by atoms with E-state index in [2.05, 4.69) is 30.9 Å². The third-order valence-corrected chi connectivity index (χ3v) is 4.92. The Bertz CT molecular complexity index is 829. The molecule has 1 aliphatic heterocycles. The molecule has 1 aliphatic rings. The van der Waals surface area contributed by atoms with Gasteiger partial charge in [0.15, 0.2) is 0 Å². The second kappa shape index (κ2) is 8.26. The van der Waals surface area contributed by atoms with Crippen molar-refractivity contribution >= 4 is 5.69 Å². The smallest absolute Gasteiger partial charge is 0.329 e. The zero-order chi connectivity index (χ0) is 20.2. The topological polar surface area (TPSA) is 3.24 Å². The van der Waals surface area contributed by atoms with E-state index in [1.807, 2.05) is 12.1 Å². The highest BCUT2D eigenvalue weighted by molar-refractivity contribution is 5.53. The molecule has 0 aromatic heterocycles. The fourth-order valence-electron chi connectivity index (χ4n) is 3.18. The summed E-state index contributed by atoms with van der Waals surface area (Å²) >= 11 is 0. The van der Waals surface area contributed by atoms with Crippen molar-refractivity contribution in [3.05, 3.63) is 65.2 Å². The average Bonchev–Trinajstić information content (AvgIpc) is 2.89. The van der Waals surface area contributed by atoms with Gasteiger partial charge in [0.1, 0.15) is 0 Å². The highest BCUT2D eigenvalue weighted by Crippen LogP contribution is 2.42. The van der Waals surface area contributed by atoms with E-state index in [0.29, 0.717) is 11.3 Å². The van der Waals surface area contributed by atoms with E-state index in [1.165, 1.54) is 24.8 Å². The molecule has 0 radical (unpaired) electrons. The standard InChI is InChI=1S/C23H23F4N/c1-2-3-4-5-18-6-8-19(9-7-18)10-11-20-12-14-21(15-13-20)28-16-22(24,25)23(26,27)17-28/h6-9,12-15H,2-5,16-17H2,1H3. The molecule has 0 N–H and O–H groups in total. The van der Waals surface area contributed by atoms with Gasteiger partial charge in [0.05, 0.1) is 13.1 Å². The summed E-state index contributed by atoms with van der Waals surface area (Å²) in [7, 11) is 0. The molecule has 0 atom stereocenters. The van der Waals surface area contributed by atoms with E-state index in [4.69, 9.17) is 0 Å². The second-order valence-corrected chi connectivity index (χ2v) is 7.22.